The molecule has 0 aliphatic carbocycles. The lowest BCUT2D eigenvalue weighted by atomic mass is 10.1. The minimum atomic E-state index is 0.632. The summed E-state index contributed by atoms with van der Waals surface area (Å²) in [5.74, 6) is 1.62. The smallest absolute Gasteiger partial charge is 0.135 e. The average molecular weight is 298 g/mol. The molecular formula is C18H16ClNO. The van der Waals surface area contributed by atoms with Gasteiger partial charge in [-0.05, 0) is 42.8 Å². The predicted octanol–water partition coefficient (Wildman–Crippen LogP) is 4.79. The molecule has 0 radical (unpaired) electrons. The Hall–Kier alpha value is -2.03. The molecule has 0 atom stereocenters. The fourth-order valence-corrected chi connectivity index (χ4v) is 2.61. The highest BCUT2D eigenvalue weighted by atomic mass is 35.5. The van der Waals surface area contributed by atoms with Gasteiger partial charge in [0.25, 0.3) is 0 Å². The van der Waals surface area contributed by atoms with Crippen molar-refractivity contribution in [1.82, 2.24) is 0 Å². The minimum Gasteiger partial charge on any atom is -0.457 e. The van der Waals surface area contributed by atoms with Crippen LogP contribution in [-0.2, 0) is 6.42 Å². The number of ether oxygens (including phenoxy) is 1. The number of benzene rings is 3. The molecule has 3 rings (SSSR count). The van der Waals surface area contributed by atoms with E-state index in [1.807, 2.05) is 54.6 Å². The monoisotopic (exact) mass is 297 g/mol. The molecule has 0 aliphatic rings. The van der Waals surface area contributed by atoms with E-state index in [4.69, 9.17) is 22.1 Å². The molecule has 0 aromatic heterocycles. The Morgan fingerprint density at radius 2 is 1.71 bits per heavy atom. The van der Waals surface area contributed by atoms with Crippen LogP contribution >= 0.6 is 11.6 Å². The van der Waals surface area contributed by atoms with Crippen molar-refractivity contribution in [1.29, 1.82) is 0 Å². The predicted molar refractivity (Wildman–Crippen MR) is 88.2 cm³/mol. The number of hydrogen-bond donors (Lipinski definition) is 1. The van der Waals surface area contributed by atoms with Crippen LogP contribution in [0.4, 0.5) is 0 Å². The van der Waals surface area contributed by atoms with Crippen molar-refractivity contribution in [3.8, 4) is 11.5 Å². The molecular weight excluding hydrogens is 282 g/mol. The van der Waals surface area contributed by atoms with Crippen molar-refractivity contribution in [3.63, 3.8) is 0 Å². The summed E-state index contributed by atoms with van der Waals surface area (Å²) in [7, 11) is 0. The summed E-state index contributed by atoms with van der Waals surface area (Å²) in [4.78, 5) is 0. The summed E-state index contributed by atoms with van der Waals surface area (Å²) >= 11 is 6.23. The van der Waals surface area contributed by atoms with E-state index < -0.39 is 0 Å². The first-order valence-electron chi connectivity index (χ1n) is 6.92. The number of fused-ring (bicyclic) bond motifs is 1. The molecule has 0 bridgehead atoms. The van der Waals surface area contributed by atoms with Crippen LogP contribution in [-0.4, -0.2) is 6.54 Å². The van der Waals surface area contributed by atoms with Gasteiger partial charge >= 0.3 is 0 Å². The van der Waals surface area contributed by atoms with Gasteiger partial charge in [0.1, 0.15) is 11.5 Å². The first-order chi connectivity index (χ1) is 10.3. The molecule has 0 fully saturated rings. The molecule has 3 aromatic carbocycles. The van der Waals surface area contributed by atoms with Gasteiger partial charge < -0.3 is 10.5 Å². The Morgan fingerprint density at radius 1 is 0.905 bits per heavy atom. The third-order valence-electron chi connectivity index (χ3n) is 3.39. The first kappa shape index (κ1) is 13.9. The third kappa shape index (κ3) is 3.02. The van der Waals surface area contributed by atoms with E-state index in [0.29, 0.717) is 6.54 Å². The molecule has 2 nitrogen and oxygen atoms in total. The van der Waals surface area contributed by atoms with Crippen molar-refractivity contribution in [2.24, 2.45) is 5.73 Å². The lowest BCUT2D eigenvalue weighted by Gasteiger charge is -2.11. The Bertz CT molecular complexity index is 770. The number of hydrogen-bond acceptors (Lipinski definition) is 2. The molecule has 0 heterocycles. The summed E-state index contributed by atoms with van der Waals surface area (Å²) in [6, 6.07) is 19.7. The molecule has 3 heteroatoms. The minimum absolute atomic E-state index is 0.632. The molecule has 0 unspecified atom stereocenters. The molecule has 21 heavy (non-hydrogen) atoms. The van der Waals surface area contributed by atoms with E-state index in [1.165, 1.54) is 5.56 Å². The topological polar surface area (TPSA) is 35.2 Å². The van der Waals surface area contributed by atoms with Gasteiger partial charge in [0.2, 0.25) is 0 Å². The Balaban J connectivity index is 1.98. The number of nitrogens with two attached hydrogens (primary N) is 1. The van der Waals surface area contributed by atoms with Crippen LogP contribution in [0.15, 0.2) is 60.7 Å². The quantitative estimate of drug-likeness (QED) is 0.751. The van der Waals surface area contributed by atoms with Crippen LogP contribution in [0.1, 0.15) is 5.56 Å². The zero-order valence-corrected chi connectivity index (χ0v) is 12.3. The van der Waals surface area contributed by atoms with Crippen molar-refractivity contribution in [2.45, 2.75) is 6.42 Å². The maximum Gasteiger partial charge on any atom is 0.135 e. The van der Waals surface area contributed by atoms with E-state index >= 15 is 0 Å². The van der Waals surface area contributed by atoms with Gasteiger partial charge in [0, 0.05) is 15.8 Å². The van der Waals surface area contributed by atoms with Crippen LogP contribution in [0.5, 0.6) is 11.5 Å². The molecule has 0 amide bonds. The van der Waals surface area contributed by atoms with Crippen LogP contribution in [0.2, 0.25) is 5.02 Å². The molecule has 2 N–H and O–H groups in total. The van der Waals surface area contributed by atoms with Crippen LogP contribution < -0.4 is 10.5 Å². The van der Waals surface area contributed by atoms with E-state index in [2.05, 4.69) is 6.07 Å². The van der Waals surface area contributed by atoms with Gasteiger partial charge in [-0.2, -0.15) is 0 Å². The fourth-order valence-electron chi connectivity index (χ4n) is 2.38. The highest BCUT2D eigenvalue weighted by Crippen LogP contribution is 2.34. The maximum atomic E-state index is 6.23. The third-order valence-corrected chi connectivity index (χ3v) is 3.72. The van der Waals surface area contributed by atoms with E-state index in [1.54, 1.807) is 0 Å². The van der Waals surface area contributed by atoms with Crippen molar-refractivity contribution >= 4 is 22.4 Å². The standard InChI is InChI=1S/C18H16ClNO/c19-17-8-9-18(16-7-2-1-6-15(16)17)21-14-5-3-4-13(12-14)10-11-20/h1-9,12H,10-11,20H2. The normalized spacial score (nSPS) is 10.8. The SMILES string of the molecule is NCCc1cccc(Oc2ccc(Cl)c3ccccc23)c1. The average Bonchev–Trinajstić information content (AvgIpc) is 2.51. The van der Waals surface area contributed by atoms with Gasteiger partial charge in [-0.15, -0.1) is 0 Å². The number of halogens is 1. The molecule has 0 saturated heterocycles. The van der Waals surface area contributed by atoms with Crippen molar-refractivity contribution in [2.75, 3.05) is 6.54 Å². The molecule has 106 valence electrons. The van der Waals surface area contributed by atoms with Gasteiger partial charge in [0.05, 0.1) is 0 Å². The second-order valence-corrected chi connectivity index (χ2v) is 5.29. The Labute approximate surface area is 129 Å². The summed E-state index contributed by atoms with van der Waals surface area (Å²) < 4.78 is 6.03. The second kappa shape index (κ2) is 6.17. The zero-order valence-electron chi connectivity index (χ0n) is 11.6. The van der Waals surface area contributed by atoms with E-state index in [-0.39, 0.29) is 0 Å². The van der Waals surface area contributed by atoms with Crippen molar-refractivity contribution in [3.05, 3.63) is 71.2 Å². The summed E-state index contributed by atoms with van der Waals surface area (Å²) in [6.45, 7) is 0.632. The zero-order chi connectivity index (χ0) is 14.7. The highest BCUT2D eigenvalue weighted by molar-refractivity contribution is 6.35. The molecule has 0 spiro atoms. The molecule has 3 aromatic rings. The second-order valence-electron chi connectivity index (χ2n) is 4.88. The maximum absolute atomic E-state index is 6.23. The molecule has 0 aliphatic heterocycles. The van der Waals surface area contributed by atoms with E-state index in [9.17, 15) is 0 Å². The van der Waals surface area contributed by atoms with Gasteiger partial charge in [0.15, 0.2) is 0 Å². The van der Waals surface area contributed by atoms with Crippen LogP contribution in [0, 0.1) is 0 Å². The summed E-state index contributed by atoms with van der Waals surface area (Å²) in [5, 5.41) is 2.74. The van der Waals surface area contributed by atoms with Gasteiger partial charge in [-0.1, -0.05) is 48.0 Å². The van der Waals surface area contributed by atoms with E-state index in [0.717, 1.165) is 33.7 Å². The van der Waals surface area contributed by atoms with Crippen LogP contribution in [0.25, 0.3) is 10.8 Å². The number of rotatable bonds is 4. The highest BCUT2D eigenvalue weighted by Gasteiger charge is 2.06. The molecule has 0 saturated carbocycles. The fraction of sp³-hybridized carbons (Fsp3) is 0.111. The van der Waals surface area contributed by atoms with Crippen molar-refractivity contribution < 1.29 is 4.74 Å². The summed E-state index contributed by atoms with van der Waals surface area (Å²) in [5.41, 5.74) is 6.77. The lowest BCUT2D eigenvalue weighted by Crippen LogP contribution is -2.02. The van der Waals surface area contributed by atoms with Crippen LogP contribution in [0.3, 0.4) is 0 Å². The Morgan fingerprint density at radius 3 is 2.52 bits per heavy atom. The Kier molecular flexibility index (Phi) is 4.09. The van der Waals surface area contributed by atoms with Gasteiger partial charge in [-0.25, -0.2) is 0 Å². The largest absolute Gasteiger partial charge is 0.457 e. The van der Waals surface area contributed by atoms with Gasteiger partial charge in [-0.3, -0.25) is 0 Å². The lowest BCUT2D eigenvalue weighted by molar-refractivity contribution is 0.487. The first-order valence-corrected chi connectivity index (χ1v) is 7.30. The summed E-state index contributed by atoms with van der Waals surface area (Å²) in [6.07, 6.45) is 0.846.